The summed E-state index contributed by atoms with van der Waals surface area (Å²) >= 11 is 6.00. The monoisotopic (exact) mass is 243 g/mol. The Labute approximate surface area is 106 Å². The van der Waals surface area contributed by atoms with Gasteiger partial charge in [0.2, 0.25) is 0 Å². The second kappa shape index (κ2) is 4.42. The first-order valence-corrected chi connectivity index (χ1v) is 6.30. The van der Waals surface area contributed by atoms with Gasteiger partial charge in [-0.1, -0.05) is 41.9 Å². The molecule has 1 aliphatic heterocycles. The standard InChI is InChI=1S/C15H14ClN/c16-13-7-9-15-12(10-13)6-8-14(17-15)11-4-2-1-3-5-11/h1-5,7,9-10,14,17H,6,8H2/t14-/m1/s1. The van der Waals surface area contributed by atoms with Crippen LogP contribution in [0, 0.1) is 0 Å². The van der Waals surface area contributed by atoms with E-state index in [9.17, 15) is 0 Å². The predicted molar refractivity (Wildman–Crippen MR) is 72.6 cm³/mol. The Hall–Kier alpha value is -1.47. The summed E-state index contributed by atoms with van der Waals surface area (Å²) < 4.78 is 0. The number of rotatable bonds is 1. The van der Waals surface area contributed by atoms with Crippen LogP contribution in [0.2, 0.25) is 5.02 Å². The molecule has 0 fully saturated rings. The Morgan fingerprint density at radius 2 is 1.88 bits per heavy atom. The molecule has 1 heterocycles. The maximum Gasteiger partial charge on any atom is 0.0517 e. The van der Waals surface area contributed by atoms with Crippen molar-refractivity contribution in [3.63, 3.8) is 0 Å². The minimum atomic E-state index is 0.421. The van der Waals surface area contributed by atoms with Crippen LogP contribution in [0.1, 0.15) is 23.6 Å². The molecule has 1 N–H and O–H groups in total. The minimum absolute atomic E-state index is 0.421. The van der Waals surface area contributed by atoms with Crippen LogP contribution in [0.4, 0.5) is 5.69 Å². The average molecular weight is 244 g/mol. The number of anilines is 1. The number of halogens is 1. The van der Waals surface area contributed by atoms with Gasteiger partial charge < -0.3 is 5.32 Å². The third kappa shape index (κ3) is 2.16. The topological polar surface area (TPSA) is 12.0 Å². The van der Waals surface area contributed by atoms with Crippen LogP contribution in [0.15, 0.2) is 48.5 Å². The second-order valence-corrected chi connectivity index (χ2v) is 4.88. The van der Waals surface area contributed by atoms with E-state index in [0.717, 1.165) is 17.9 Å². The minimum Gasteiger partial charge on any atom is -0.378 e. The van der Waals surface area contributed by atoms with Gasteiger partial charge in [0.05, 0.1) is 6.04 Å². The van der Waals surface area contributed by atoms with E-state index in [-0.39, 0.29) is 0 Å². The number of fused-ring (bicyclic) bond motifs is 1. The van der Waals surface area contributed by atoms with E-state index in [1.807, 2.05) is 6.07 Å². The molecule has 2 heteroatoms. The van der Waals surface area contributed by atoms with Gasteiger partial charge in [-0.25, -0.2) is 0 Å². The van der Waals surface area contributed by atoms with Crippen molar-refractivity contribution < 1.29 is 0 Å². The molecule has 0 radical (unpaired) electrons. The van der Waals surface area contributed by atoms with Gasteiger partial charge >= 0.3 is 0 Å². The van der Waals surface area contributed by atoms with Crippen LogP contribution in [-0.4, -0.2) is 0 Å². The van der Waals surface area contributed by atoms with E-state index in [4.69, 9.17) is 11.6 Å². The van der Waals surface area contributed by atoms with Gasteiger partial charge in [0.15, 0.2) is 0 Å². The predicted octanol–water partition coefficient (Wildman–Crippen LogP) is 4.44. The van der Waals surface area contributed by atoms with Crippen LogP contribution in [-0.2, 0) is 6.42 Å². The van der Waals surface area contributed by atoms with Crippen molar-refractivity contribution in [2.45, 2.75) is 18.9 Å². The van der Waals surface area contributed by atoms with Crippen LogP contribution < -0.4 is 5.32 Å². The fourth-order valence-electron chi connectivity index (χ4n) is 2.41. The summed E-state index contributed by atoms with van der Waals surface area (Å²) in [6.45, 7) is 0. The summed E-state index contributed by atoms with van der Waals surface area (Å²) in [6, 6.07) is 17.1. The van der Waals surface area contributed by atoms with E-state index in [1.165, 1.54) is 16.8 Å². The highest BCUT2D eigenvalue weighted by atomic mass is 35.5. The summed E-state index contributed by atoms with van der Waals surface area (Å²) in [5.74, 6) is 0. The summed E-state index contributed by atoms with van der Waals surface area (Å²) in [5.41, 5.74) is 3.90. The quantitative estimate of drug-likeness (QED) is 0.781. The molecular formula is C15H14ClN. The van der Waals surface area contributed by atoms with Gasteiger partial charge in [-0.05, 0) is 42.2 Å². The first-order valence-electron chi connectivity index (χ1n) is 5.93. The number of benzene rings is 2. The lowest BCUT2D eigenvalue weighted by Crippen LogP contribution is -2.17. The van der Waals surface area contributed by atoms with Crippen molar-refractivity contribution in [2.75, 3.05) is 5.32 Å². The first-order chi connectivity index (χ1) is 8.33. The fourth-order valence-corrected chi connectivity index (χ4v) is 2.60. The van der Waals surface area contributed by atoms with Crippen molar-refractivity contribution in [3.05, 3.63) is 64.7 Å². The molecule has 0 unspecified atom stereocenters. The van der Waals surface area contributed by atoms with Crippen LogP contribution in [0.5, 0.6) is 0 Å². The Balaban J connectivity index is 1.88. The zero-order chi connectivity index (χ0) is 11.7. The average Bonchev–Trinajstić information content (AvgIpc) is 2.39. The number of hydrogen-bond acceptors (Lipinski definition) is 1. The molecule has 0 aliphatic carbocycles. The van der Waals surface area contributed by atoms with Gasteiger partial charge in [-0.15, -0.1) is 0 Å². The van der Waals surface area contributed by atoms with Crippen LogP contribution >= 0.6 is 11.6 Å². The lowest BCUT2D eigenvalue weighted by Gasteiger charge is -2.27. The first kappa shape index (κ1) is 10.7. The molecule has 2 aromatic rings. The molecule has 1 nitrogen and oxygen atoms in total. The third-order valence-corrected chi connectivity index (χ3v) is 3.54. The molecule has 17 heavy (non-hydrogen) atoms. The molecule has 1 atom stereocenters. The van der Waals surface area contributed by atoms with Gasteiger partial charge in [-0.3, -0.25) is 0 Å². The van der Waals surface area contributed by atoms with Crippen molar-refractivity contribution in [1.29, 1.82) is 0 Å². The van der Waals surface area contributed by atoms with Gasteiger partial charge in [-0.2, -0.15) is 0 Å². The van der Waals surface area contributed by atoms with Gasteiger partial charge in [0.25, 0.3) is 0 Å². The maximum absolute atomic E-state index is 6.00. The number of nitrogens with one attached hydrogen (secondary N) is 1. The molecule has 1 aliphatic rings. The van der Waals surface area contributed by atoms with Crippen LogP contribution in [0.25, 0.3) is 0 Å². The Bertz CT molecular complexity index is 522. The van der Waals surface area contributed by atoms with Crippen LogP contribution in [0.3, 0.4) is 0 Å². The lowest BCUT2D eigenvalue weighted by atomic mass is 9.93. The molecule has 0 spiro atoms. The number of aryl methyl sites for hydroxylation is 1. The largest absolute Gasteiger partial charge is 0.378 e. The van der Waals surface area contributed by atoms with Crippen molar-refractivity contribution in [2.24, 2.45) is 0 Å². The summed E-state index contributed by atoms with van der Waals surface area (Å²) in [4.78, 5) is 0. The molecular weight excluding hydrogens is 230 g/mol. The zero-order valence-electron chi connectivity index (χ0n) is 9.49. The molecule has 0 saturated heterocycles. The van der Waals surface area contributed by atoms with Crippen molar-refractivity contribution in [3.8, 4) is 0 Å². The highest BCUT2D eigenvalue weighted by Gasteiger charge is 2.18. The summed E-state index contributed by atoms with van der Waals surface area (Å²) in [6.07, 6.45) is 2.21. The second-order valence-electron chi connectivity index (χ2n) is 4.45. The fraction of sp³-hybridized carbons (Fsp3) is 0.200. The summed E-state index contributed by atoms with van der Waals surface area (Å²) in [7, 11) is 0. The molecule has 0 saturated carbocycles. The maximum atomic E-state index is 6.00. The van der Waals surface area contributed by atoms with Gasteiger partial charge in [0.1, 0.15) is 0 Å². The third-order valence-electron chi connectivity index (χ3n) is 3.30. The molecule has 2 aromatic carbocycles. The van der Waals surface area contributed by atoms with E-state index < -0.39 is 0 Å². The highest BCUT2D eigenvalue weighted by molar-refractivity contribution is 6.30. The molecule has 86 valence electrons. The Morgan fingerprint density at radius 1 is 1.06 bits per heavy atom. The molecule has 0 aromatic heterocycles. The summed E-state index contributed by atoms with van der Waals surface area (Å²) in [5, 5.41) is 4.40. The van der Waals surface area contributed by atoms with Crippen molar-refractivity contribution in [1.82, 2.24) is 0 Å². The Kier molecular flexibility index (Phi) is 2.77. The smallest absolute Gasteiger partial charge is 0.0517 e. The van der Waals surface area contributed by atoms with E-state index >= 15 is 0 Å². The SMILES string of the molecule is Clc1ccc2c(c1)CC[C@H](c1ccccc1)N2. The number of hydrogen-bond donors (Lipinski definition) is 1. The van der Waals surface area contributed by atoms with E-state index in [1.54, 1.807) is 0 Å². The normalized spacial score (nSPS) is 18.3. The Morgan fingerprint density at radius 3 is 2.71 bits per heavy atom. The van der Waals surface area contributed by atoms with Crippen molar-refractivity contribution >= 4 is 17.3 Å². The lowest BCUT2D eigenvalue weighted by molar-refractivity contribution is 0.668. The van der Waals surface area contributed by atoms with E-state index in [2.05, 4.69) is 47.8 Å². The molecule has 3 rings (SSSR count). The van der Waals surface area contributed by atoms with Gasteiger partial charge in [0, 0.05) is 10.7 Å². The molecule has 0 amide bonds. The zero-order valence-corrected chi connectivity index (χ0v) is 10.2. The van der Waals surface area contributed by atoms with E-state index in [0.29, 0.717) is 6.04 Å². The highest BCUT2D eigenvalue weighted by Crippen LogP contribution is 2.33. The molecule has 0 bridgehead atoms.